The second-order valence-corrected chi connectivity index (χ2v) is 4.89. The lowest BCUT2D eigenvalue weighted by Crippen LogP contribution is -2.23. The Morgan fingerprint density at radius 2 is 1.93 bits per heavy atom. The molecular formula is C12H24O3. The van der Waals surface area contributed by atoms with Gasteiger partial charge in [0, 0.05) is 6.42 Å². The summed E-state index contributed by atoms with van der Waals surface area (Å²) in [5.41, 5.74) is -0.389. The Balaban J connectivity index is 3.48. The van der Waals surface area contributed by atoms with E-state index in [0.29, 0.717) is 6.42 Å². The van der Waals surface area contributed by atoms with Crippen LogP contribution in [0.2, 0.25) is 0 Å². The van der Waals surface area contributed by atoms with Gasteiger partial charge in [-0.1, -0.05) is 13.3 Å². The normalized spacial score (nSPS) is 13.7. The summed E-state index contributed by atoms with van der Waals surface area (Å²) in [5, 5.41) is 9.29. The van der Waals surface area contributed by atoms with Gasteiger partial charge in [-0.25, -0.2) is 0 Å². The molecule has 0 aliphatic heterocycles. The van der Waals surface area contributed by atoms with Crippen molar-refractivity contribution in [2.45, 2.75) is 71.5 Å². The van der Waals surface area contributed by atoms with Crippen molar-refractivity contribution in [2.75, 3.05) is 0 Å². The molecule has 3 nitrogen and oxygen atoms in total. The van der Waals surface area contributed by atoms with Gasteiger partial charge in [-0.3, -0.25) is 4.79 Å². The Kier molecular flexibility index (Phi) is 6.57. The molecule has 0 saturated heterocycles. The van der Waals surface area contributed by atoms with Crippen LogP contribution in [0.25, 0.3) is 0 Å². The van der Waals surface area contributed by atoms with Crippen LogP contribution in [0.5, 0.6) is 0 Å². The lowest BCUT2D eigenvalue weighted by Gasteiger charge is -2.19. The molecule has 0 aromatic rings. The molecule has 0 aliphatic rings. The predicted molar refractivity (Wildman–Crippen MR) is 60.6 cm³/mol. The van der Waals surface area contributed by atoms with Crippen LogP contribution in [0.1, 0.15) is 59.8 Å². The quantitative estimate of drug-likeness (QED) is 0.548. The summed E-state index contributed by atoms with van der Waals surface area (Å²) in [5.74, 6) is -0.145. The van der Waals surface area contributed by atoms with Gasteiger partial charge in [0.05, 0.1) is 6.10 Å². The zero-order chi connectivity index (χ0) is 11.9. The van der Waals surface area contributed by atoms with Gasteiger partial charge < -0.3 is 9.84 Å². The Bertz CT molecular complexity index is 182. The maximum Gasteiger partial charge on any atom is 0.306 e. The van der Waals surface area contributed by atoms with Gasteiger partial charge in [0.1, 0.15) is 5.60 Å². The number of esters is 1. The molecule has 0 saturated carbocycles. The molecule has 1 atom stereocenters. The van der Waals surface area contributed by atoms with E-state index >= 15 is 0 Å². The van der Waals surface area contributed by atoms with Crippen LogP contribution in [0.15, 0.2) is 0 Å². The molecule has 0 rings (SSSR count). The zero-order valence-electron chi connectivity index (χ0n) is 10.4. The average molecular weight is 216 g/mol. The number of aliphatic hydroxyl groups is 1. The minimum absolute atomic E-state index is 0.145. The minimum Gasteiger partial charge on any atom is -0.460 e. The molecule has 0 radical (unpaired) electrons. The van der Waals surface area contributed by atoms with Crippen molar-refractivity contribution in [3.63, 3.8) is 0 Å². The fraction of sp³-hybridized carbons (Fsp3) is 0.917. The second-order valence-electron chi connectivity index (χ2n) is 4.89. The maximum absolute atomic E-state index is 11.3. The fourth-order valence-electron chi connectivity index (χ4n) is 1.25. The number of unbranched alkanes of at least 4 members (excludes halogenated alkanes) is 1. The van der Waals surface area contributed by atoms with Crippen molar-refractivity contribution < 1.29 is 14.6 Å². The summed E-state index contributed by atoms with van der Waals surface area (Å²) in [6, 6.07) is 0. The minimum atomic E-state index is -0.389. The van der Waals surface area contributed by atoms with Crippen LogP contribution in [-0.4, -0.2) is 22.8 Å². The lowest BCUT2D eigenvalue weighted by molar-refractivity contribution is -0.154. The first-order valence-electron chi connectivity index (χ1n) is 5.75. The summed E-state index contributed by atoms with van der Waals surface area (Å²) >= 11 is 0. The zero-order valence-corrected chi connectivity index (χ0v) is 10.4. The van der Waals surface area contributed by atoms with Crippen LogP contribution in [0.3, 0.4) is 0 Å². The highest BCUT2D eigenvalue weighted by atomic mass is 16.6. The fourth-order valence-corrected chi connectivity index (χ4v) is 1.25. The van der Waals surface area contributed by atoms with E-state index in [2.05, 4.69) is 0 Å². The molecule has 0 heterocycles. The van der Waals surface area contributed by atoms with Crippen LogP contribution in [0, 0.1) is 0 Å². The molecule has 1 unspecified atom stereocenters. The van der Waals surface area contributed by atoms with Crippen LogP contribution in [-0.2, 0) is 9.53 Å². The molecule has 1 N–H and O–H groups in total. The van der Waals surface area contributed by atoms with Gasteiger partial charge >= 0.3 is 5.97 Å². The standard InChI is InChI=1S/C12H24O3/c1-5-10(13)8-6-7-9-11(14)15-12(2,3)4/h10,13H,5-9H2,1-4H3. The molecule has 0 bridgehead atoms. The van der Waals surface area contributed by atoms with E-state index in [0.717, 1.165) is 25.7 Å². The number of hydrogen-bond donors (Lipinski definition) is 1. The first kappa shape index (κ1) is 14.4. The highest BCUT2D eigenvalue weighted by Gasteiger charge is 2.15. The topological polar surface area (TPSA) is 46.5 Å². The van der Waals surface area contributed by atoms with Gasteiger partial charge in [-0.05, 0) is 40.0 Å². The Morgan fingerprint density at radius 3 is 2.40 bits per heavy atom. The van der Waals surface area contributed by atoms with Crippen LogP contribution >= 0.6 is 0 Å². The third-order valence-electron chi connectivity index (χ3n) is 2.06. The molecular weight excluding hydrogens is 192 g/mol. The van der Waals surface area contributed by atoms with Gasteiger partial charge in [0.2, 0.25) is 0 Å². The largest absolute Gasteiger partial charge is 0.460 e. The Hall–Kier alpha value is -0.570. The van der Waals surface area contributed by atoms with Gasteiger partial charge in [-0.15, -0.1) is 0 Å². The average Bonchev–Trinajstić information content (AvgIpc) is 2.09. The van der Waals surface area contributed by atoms with Crippen LogP contribution < -0.4 is 0 Å². The molecule has 0 fully saturated rings. The van der Waals surface area contributed by atoms with E-state index in [1.807, 2.05) is 27.7 Å². The summed E-state index contributed by atoms with van der Waals surface area (Å²) in [6.45, 7) is 7.56. The Labute approximate surface area is 92.8 Å². The number of ether oxygens (including phenoxy) is 1. The van der Waals surface area contributed by atoms with E-state index in [4.69, 9.17) is 4.74 Å². The predicted octanol–water partition coefficient (Wildman–Crippen LogP) is 2.66. The smallest absolute Gasteiger partial charge is 0.306 e. The van der Waals surface area contributed by atoms with E-state index in [1.54, 1.807) is 0 Å². The van der Waals surface area contributed by atoms with E-state index in [-0.39, 0.29) is 17.7 Å². The first-order chi connectivity index (χ1) is 6.85. The molecule has 0 aromatic heterocycles. The number of hydrogen-bond acceptors (Lipinski definition) is 3. The Morgan fingerprint density at radius 1 is 1.33 bits per heavy atom. The van der Waals surface area contributed by atoms with Crippen molar-refractivity contribution in [1.29, 1.82) is 0 Å². The summed E-state index contributed by atoms with van der Waals surface area (Å²) < 4.78 is 5.17. The highest BCUT2D eigenvalue weighted by molar-refractivity contribution is 5.69. The van der Waals surface area contributed by atoms with E-state index < -0.39 is 0 Å². The lowest BCUT2D eigenvalue weighted by atomic mass is 10.1. The maximum atomic E-state index is 11.3. The van der Waals surface area contributed by atoms with E-state index in [1.165, 1.54) is 0 Å². The van der Waals surface area contributed by atoms with Crippen molar-refractivity contribution in [3.05, 3.63) is 0 Å². The molecule has 0 aliphatic carbocycles. The van der Waals surface area contributed by atoms with Crippen molar-refractivity contribution in [3.8, 4) is 0 Å². The van der Waals surface area contributed by atoms with Gasteiger partial charge in [-0.2, -0.15) is 0 Å². The van der Waals surface area contributed by atoms with Crippen molar-refractivity contribution >= 4 is 5.97 Å². The highest BCUT2D eigenvalue weighted by Crippen LogP contribution is 2.11. The number of rotatable bonds is 6. The third-order valence-corrected chi connectivity index (χ3v) is 2.06. The number of carbonyl (C=O) groups excluding carboxylic acids is 1. The monoisotopic (exact) mass is 216 g/mol. The second kappa shape index (κ2) is 6.83. The van der Waals surface area contributed by atoms with Gasteiger partial charge in [0.25, 0.3) is 0 Å². The number of aliphatic hydroxyl groups excluding tert-OH is 1. The molecule has 0 spiro atoms. The number of carbonyl (C=O) groups is 1. The molecule has 0 aromatic carbocycles. The molecule has 3 heteroatoms. The summed E-state index contributed by atoms with van der Waals surface area (Å²) in [7, 11) is 0. The summed E-state index contributed by atoms with van der Waals surface area (Å²) in [6.07, 6.45) is 3.48. The summed E-state index contributed by atoms with van der Waals surface area (Å²) in [4.78, 5) is 11.3. The van der Waals surface area contributed by atoms with E-state index in [9.17, 15) is 9.90 Å². The molecule has 0 amide bonds. The molecule has 90 valence electrons. The van der Waals surface area contributed by atoms with Crippen LogP contribution in [0.4, 0.5) is 0 Å². The third kappa shape index (κ3) is 9.73. The first-order valence-corrected chi connectivity index (χ1v) is 5.75. The molecule has 15 heavy (non-hydrogen) atoms. The SMILES string of the molecule is CCC(O)CCCCC(=O)OC(C)(C)C. The van der Waals surface area contributed by atoms with Crippen molar-refractivity contribution in [2.24, 2.45) is 0 Å². The van der Waals surface area contributed by atoms with Crippen molar-refractivity contribution in [1.82, 2.24) is 0 Å². The van der Waals surface area contributed by atoms with Gasteiger partial charge in [0.15, 0.2) is 0 Å².